The Bertz CT molecular complexity index is 3140. The number of nitrogens with zero attached hydrogens (tertiary/aromatic N) is 2. The molecule has 65 heavy (non-hydrogen) atoms. The highest BCUT2D eigenvalue weighted by Gasteiger charge is 2.40. The Morgan fingerprint density at radius 1 is 0.615 bits per heavy atom. The first-order valence-electron chi connectivity index (χ1n) is 24.3. The van der Waals surface area contributed by atoms with Gasteiger partial charge in [-0.2, -0.15) is 0 Å². The van der Waals surface area contributed by atoms with E-state index in [0.29, 0.717) is 0 Å². The maximum absolute atomic E-state index is 5.72. The number of para-hydroxylation sites is 1. The molecule has 326 valence electrons. The minimum atomic E-state index is -0.232. The van der Waals surface area contributed by atoms with Crippen LogP contribution in [0.4, 0.5) is 11.4 Å². The Balaban J connectivity index is 0.00000130. The lowest BCUT2D eigenvalue weighted by Gasteiger charge is -2.42. The first-order chi connectivity index (χ1) is 31.7. The molecule has 0 fully saturated rings. The molecule has 2 heteroatoms. The van der Waals surface area contributed by atoms with Crippen LogP contribution in [-0.4, -0.2) is 0 Å². The number of anilines is 2. The second-order valence-corrected chi connectivity index (χ2v) is 18.5. The van der Waals surface area contributed by atoms with Gasteiger partial charge in [0.25, 0.3) is 0 Å². The van der Waals surface area contributed by atoms with Crippen LogP contribution in [0.3, 0.4) is 0 Å². The van der Waals surface area contributed by atoms with Gasteiger partial charge in [-0.15, -0.1) is 6.42 Å². The number of hydrogen-bond donors (Lipinski definition) is 0. The molecule has 0 unspecified atom stereocenters. The number of hydrogen-bond acceptors (Lipinski definition) is 2. The highest BCUT2D eigenvalue weighted by molar-refractivity contribution is 6.30. The molecule has 0 aromatic heterocycles. The molecular weight excluding hydrogens is 785 g/mol. The molecule has 0 N–H and O–H groups in total. The Hall–Kier alpha value is -6.56. The first kappa shape index (κ1) is 43.7. The maximum atomic E-state index is 5.72. The van der Waals surface area contributed by atoms with Gasteiger partial charge in [-0.05, 0) is 189 Å². The molecule has 0 bridgehead atoms. The zero-order valence-corrected chi connectivity index (χ0v) is 40.1. The van der Waals surface area contributed by atoms with Crippen molar-refractivity contribution in [2.45, 2.75) is 112 Å². The van der Waals surface area contributed by atoms with E-state index in [4.69, 9.17) is 6.42 Å². The zero-order valence-electron chi connectivity index (χ0n) is 40.1. The highest BCUT2D eigenvalue weighted by atomic mass is 15.2. The largest absolute Gasteiger partial charge is 0.315 e. The number of terminal acetylenes is 1. The van der Waals surface area contributed by atoms with E-state index in [1.165, 1.54) is 99.6 Å². The lowest BCUT2D eigenvalue weighted by atomic mass is 9.63. The van der Waals surface area contributed by atoms with Gasteiger partial charge < -0.3 is 9.80 Å². The summed E-state index contributed by atoms with van der Waals surface area (Å²) < 4.78 is 0. The van der Waals surface area contributed by atoms with Crippen molar-refractivity contribution in [3.05, 3.63) is 196 Å². The van der Waals surface area contributed by atoms with Crippen molar-refractivity contribution in [3.63, 3.8) is 0 Å². The van der Waals surface area contributed by atoms with Gasteiger partial charge in [-0.1, -0.05) is 140 Å². The molecule has 0 aliphatic heterocycles. The van der Waals surface area contributed by atoms with E-state index in [9.17, 15) is 0 Å². The second-order valence-electron chi connectivity index (χ2n) is 18.5. The van der Waals surface area contributed by atoms with Crippen molar-refractivity contribution >= 4 is 49.3 Å². The minimum Gasteiger partial charge on any atom is -0.315 e. The topological polar surface area (TPSA) is 6.48 Å². The summed E-state index contributed by atoms with van der Waals surface area (Å²) in [6.07, 6.45) is 34.5. The Kier molecular flexibility index (Phi) is 11.7. The Labute approximate surface area is 388 Å². The van der Waals surface area contributed by atoms with Crippen LogP contribution in [0.25, 0.3) is 49.0 Å². The summed E-state index contributed by atoms with van der Waals surface area (Å²) in [7, 11) is 0. The van der Waals surface area contributed by atoms with Gasteiger partial charge >= 0.3 is 0 Å². The molecule has 11 rings (SSSR count). The van der Waals surface area contributed by atoms with Crippen molar-refractivity contribution in [1.82, 2.24) is 0 Å². The molecule has 0 atom stereocenters. The fourth-order valence-corrected chi connectivity index (χ4v) is 11.4. The monoisotopic (exact) mass is 849 g/mol. The quantitative estimate of drug-likeness (QED) is 0.0897. The summed E-state index contributed by atoms with van der Waals surface area (Å²) in [5.74, 6) is 2.71. The summed E-state index contributed by atoms with van der Waals surface area (Å²) in [5.41, 5.74) is 18.1. The number of allylic oxidation sites excluding steroid dienone is 13. The minimum absolute atomic E-state index is 0.170. The molecule has 0 saturated carbocycles. The number of rotatable bonds is 7. The van der Waals surface area contributed by atoms with Gasteiger partial charge in [-0.25, -0.2) is 0 Å². The molecule has 0 heterocycles. The molecule has 0 amide bonds. The van der Waals surface area contributed by atoms with Crippen LogP contribution in [0.2, 0.25) is 0 Å². The smallest absolute Gasteiger partial charge is 0.0464 e. The zero-order chi connectivity index (χ0) is 45.6. The van der Waals surface area contributed by atoms with Crippen LogP contribution in [-0.2, 0) is 10.8 Å². The average Bonchev–Trinajstić information content (AvgIpc) is 3.35. The molecule has 6 aromatic carbocycles. The third kappa shape index (κ3) is 6.94. The Morgan fingerprint density at radius 2 is 1.25 bits per heavy atom. The van der Waals surface area contributed by atoms with Gasteiger partial charge in [-0.3, -0.25) is 0 Å². The van der Waals surface area contributed by atoms with Crippen LogP contribution >= 0.6 is 0 Å². The fraction of sp³-hybridized carbons (Fsp3) is 0.270. The van der Waals surface area contributed by atoms with Crippen LogP contribution < -0.4 is 9.80 Å². The number of benzene rings is 6. The van der Waals surface area contributed by atoms with Crippen molar-refractivity contribution < 1.29 is 0 Å². The summed E-state index contributed by atoms with van der Waals surface area (Å²) in [6, 6.07) is 32.9. The van der Waals surface area contributed by atoms with E-state index < -0.39 is 0 Å². The van der Waals surface area contributed by atoms with E-state index in [1.54, 1.807) is 6.08 Å². The van der Waals surface area contributed by atoms with E-state index >= 15 is 0 Å². The molecule has 0 saturated heterocycles. The van der Waals surface area contributed by atoms with E-state index in [0.717, 1.165) is 49.9 Å². The van der Waals surface area contributed by atoms with Crippen LogP contribution in [0, 0.1) is 12.3 Å². The lowest BCUT2D eigenvalue weighted by Crippen LogP contribution is -2.30. The third-order valence-corrected chi connectivity index (χ3v) is 14.4. The van der Waals surface area contributed by atoms with Crippen molar-refractivity contribution in [2.75, 3.05) is 9.80 Å². The maximum Gasteiger partial charge on any atom is 0.0464 e. The average molecular weight is 849 g/mol. The van der Waals surface area contributed by atoms with Crippen molar-refractivity contribution in [1.29, 1.82) is 0 Å². The standard InChI is InChI=1S/C59H52N2.2C2H6/c1-7-9-19-40(8-2)60(41-20-13-10-14-21-41)44-28-30-46-48-34-38-27-33-51-57-49(35-39-26-32-50(56(48)54(39)55(38)57)58(3,4)52(46)36-44)47-31-29-45(37-53(47)59(51,5)6)61(42-22-15-11-16-23-42)43-24-17-12-18-25-43;2*1-2/h1,8-9,11,13,15-17,19-28,30,32-37H,10,12,14,18,29,31H2,2-6H3;2*1-2H3/b19-9-,40-8+;;. The molecule has 2 nitrogen and oxygen atoms in total. The van der Waals surface area contributed by atoms with Gasteiger partial charge in [0.1, 0.15) is 0 Å². The van der Waals surface area contributed by atoms with Crippen molar-refractivity contribution in [3.8, 4) is 23.5 Å². The summed E-state index contributed by atoms with van der Waals surface area (Å²) in [6.45, 7) is 19.9. The molecule has 6 aromatic rings. The second kappa shape index (κ2) is 17.4. The van der Waals surface area contributed by atoms with Gasteiger partial charge in [0.15, 0.2) is 0 Å². The Morgan fingerprint density at radius 3 is 1.88 bits per heavy atom. The van der Waals surface area contributed by atoms with E-state index in [1.807, 2.05) is 33.8 Å². The van der Waals surface area contributed by atoms with Crippen LogP contribution in [0.1, 0.15) is 123 Å². The highest BCUT2D eigenvalue weighted by Crippen LogP contribution is 2.58. The van der Waals surface area contributed by atoms with E-state index in [-0.39, 0.29) is 10.8 Å². The van der Waals surface area contributed by atoms with Crippen LogP contribution in [0.5, 0.6) is 0 Å². The predicted molar refractivity (Wildman–Crippen MR) is 284 cm³/mol. The van der Waals surface area contributed by atoms with Gasteiger partial charge in [0.05, 0.1) is 0 Å². The predicted octanol–water partition coefficient (Wildman–Crippen LogP) is 17.5. The lowest BCUT2D eigenvalue weighted by molar-refractivity contribution is 0.633. The summed E-state index contributed by atoms with van der Waals surface area (Å²) in [5, 5.41) is 8.38. The molecular formula is C63H64N2. The number of fused-ring (bicyclic) bond motifs is 3. The summed E-state index contributed by atoms with van der Waals surface area (Å²) >= 11 is 0. The van der Waals surface area contributed by atoms with Gasteiger partial charge in [0.2, 0.25) is 0 Å². The van der Waals surface area contributed by atoms with Crippen LogP contribution in [0.15, 0.2) is 174 Å². The molecule has 5 aliphatic carbocycles. The summed E-state index contributed by atoms with van der Waals surface area (Å²) in [4.78, 5) is 4.88. The fourth-order valence-electron chi connectivity index (χ4n) is 11.4. The van der Waals surface area contributed by atoms with Gasteiger partial charge in [0, 0.05) is 45.0 Å². The molecule has 0 spiro atoms. The molecule has 5 aliphatic rings. The third-order valence-electron chi connectivity index (χ3n) is 14.4. The normalized spacial score (nSPS) is 17.6. The van der Waals surface area contributed by atoms with E-state index in [2.05, 4.69) is 184 Å². The van der Waals surface area contributed by atoms with Crippen molar-refractivity contribution in [2.24, 2.45) is 0 Å². The molecule has 0 radical (unpaired) electrons. The SMILES string of the molecule is C#C/C=C\C(=C/C)N(C1=CCCC=C1)c1ccc2c(c1)C(C)(C)c1ccc3cc4c5c(ccc6cc-2c1c3c65)C(C)(C)C1=C4CCC(N(C2=CCCC=C2)c2ccccc2)=C1.CC.CC. The first-order valence-corrected chi connectivity index (χ1v) is 24.3.